The molecule has 4 rings (SSSR count). The molecule has 178 valence electrons. The zero-order valence-electron chi connectivity index (χ0n) is 19.2. The lowest BCUT2D eigenvalue weighted by Crippen LogP contribution is -2.47. The number of rotatable bonds is 7. The van der Waals surface area contributed by atoms with Crippen molar-refractivity contribution in [2.75, 3.05) is 12.3 Å². The van der Waals surface area contributed by atoms with E-state index < -0.39 is 35.9 Å². The summed E-state index contributed by atoms with van der Waals surface area (Å²) in [6, 6.07) is 5.75. The van der Waals surface area contributed by atoms with Gasteiger partial charge >= 0.3 is 6.16 Å². The number of aromatic nitrogens is 3. The monoisotopic (exact) mass is 459 g/mol. The Labute approximate surface area is 191 Å². The number of anilines is 1. The third kappa shape index (κ3) is 4.21. The second-order valence-corrected chi connectivity index (χ2v) is 8.75. The number of nitrogen functional groups attached to an aromatic ring is 1. The van der Waals surface area contributed by atoms with Crippen LogP contribution < -0.4 is 5.73 Å². The second-order valence-electron chi connectivity index (χ2n) is 8.75. The molecule has 2 fully saturated rings. The lowest BCUT2D eigenvalue weighted by Gasteiger charge is -2.32. The molecule has 11 heteroatoms. The van der Waals surface area contributed by atoms with Gasteiger partial charge in [-0.05, 0) is 38.8 Å². The first-order valence-corrected chi connectivity index (χ1v) is 11.1. The molecule has 2 saturated heterocycles. The van der Waals surface area contributed by atoms with Gasteiger partial charge in [0.1, 0.15) is 48.5 Å². The van der Waals surface area contributed by atoms with Gasteiger partial charge in [-0.25, -0.2) is 14.3 Å². The van der Waals surface area contributed by atoms with Crippen LogP contribution in [0.3, 0.4) is 0 Å². The normalized spacial score (nSPS) is 28.1. The largest absolute Gasteiger partial charge is 0.508 e. The van der Waals surface area contributed by atoms with E-state index in [-0.39, 0.29) is 19.1 Å². The van der Waals surface area contributed by atoms with Crippen LogP contribution in [0.1, 0.15) is 58.8 Å². The molecule has 2 N–H and O–H groups in total. The zero-order valence-corrected chi connectivity index (χ0v) is 19.2. The first-order valence-electron chi connectivity index (χ1n) is 11.1. The summed E-state index contributed by atoms with van der Waals surface area (Å²) in [5, 5.41) is 13.9. The van der Waals surface area contributed by atoms with E-state index >= 15 is 0 Å². The van der Waals surface area contributed by atoms with Gasteiger partial charge in [-0.3, -0.25) is 0 Å². The van der Waals surface area contributed by atoms with E-state index in [4.69, 9.17) is 29.4 Å². The number of nitrogens with zero attached hydrogens (tertiary/aromatic N) is 4. The van der Waals surface area contributed by atoms with Crippen LogP contribution in [0.4, 0.5) is 10.6 Å². The van der Waals surface area contributed by atoms with Crippen LogP contribution in [0.25, 0.3) is 5.52 Å². The Morgan fingerprint density at radius 3 is 2.76 bits per heavy atom. The summed E-state index contributed by atoms with van der Waals surface area (Å²) in [5.74, 6) is -0.597. The molecule has 0 bridgehead atoms. The molecule has 2 aromatic rings. The molecule has 4 atom stereocenters. The minimum atomic E-state index is -1.26. The summed E-state index contributed by atoms with van der Waals surface area (Å²) in [7, 11) is 0. The van der Waals surface area contributed by atoms with Crippen molar-refractivity contribution in [3.8, 4) is 6.07 Å². The lowest BCUT2D eigenvalue weighted by molar-refractivity contribution is -0.217. The average Bonchev–Trinajstić information content (AvgIpc) is 3.42. The van der Waals surface area contributed by atoms with Gasteiger partial charge < -0.3 is 29.4 Å². The minimum absolute atomic E-state index is 0.0806. The first kappa shape index (κ1) is 23.2. The van der Waals surface area contributed by atoms with Gasteiger partial charge in [-0.2, -0.15) is 10.4 Å². The van der Waals surface area contributed by atoms with Crippen LogP contribution in [0, 0.1) is 11.3 Å². The summed E-state index contributed by atoms with van der Waals surface area (Å²) in [6.07, 6.45) is -0.306. The van der Waals surface area contributed by atoms with Gasteiger partial charge in [-0.15, -0.1) is 0 Å². The molecular weight excluding hydrogens is 430 g/mol. The Morgan fingerprint density at radius 1 is 1.30 bits per heavy atom. The van der Waals surface area contributed by atoms with Crippen molar-refractivity contribution in [1.82, 2.24) is 14.6 Å². The van der Waals surface area contributed by atoms with Crippen molar-refractivity contribution in [2.24, 2.45) is 0 Å². The fourth-order valence-corrected chi connectivity index (χ4v) is 4.47. The number of hydrogen-bond donors (Lipinski definition) is 1. The number of hydrogen-bond acceptors (Lipinski definition) is 10. The van der Waals surface area contributed by atoms with Crippen LogP contribution in [-0.4, -0.2) is 57.1 Å². The van der Waals surface area contributed by atoms with Crippen molar-refractivity contribution in [3.63, 3.8) is 0 Å². The molecule has 2 aliphatic rings. The maximum atomic E-state index is 12.3. The highest BCUT2D eigenvalue weighted by Crippen LogP contribution is 2.51. The quantitative estimate of drug-likeness (QED) is 0.614. The number of carbonyl (C=O) groups is 1. The second kappa shape index (κ2) is 8.78. The van der Waals surface area contributed by atoms with E-state index in [1.54, 1.807) is 24.4 Å². The summed E-state index contributed by atoms with van der Waals surface area (Å²) in [4.78, 5) is 16.3. The predicted molar refractivity (Wildman–Crippen MR) is 115 cm³/mol. The first-order chi connectivity index (χ1) is 15.7. The van der Waals surface area contributed by atoms with E-state index in [0.29, 0.717) is 29.9 Å². The highest BCUT2D eigenvalue weighted by atomic mass is 16.8. The van der Waals surface area contributed by atoms with Crippen LogP contribution in [0.5, 0.6) is 0 Å². The van der Waals surface area contributed by atoms with E-state index in [1.165, 1.54) is 6.33 Å². The average molecular weight is 460 g/mol. The third-order valence-electron chi connectivity index (χ3n) is 6.10. The fourth-order valence-electron chi connectivity index (χ4n) is 4.47. The van der Waals surface area contributed by atoms with Gasteiger partial charge in [0.2, 0.25) is 0 Å². The van der Waals surface area contributed by atoms with E-state index in [0.717, 1.165) is 0 Å². The maximum absolute atomic E-state index is 12.3. The fraction of sp³-hybridized carbons (Fsp3) is 0.636. The van der Waals surface area contributed by atoms with Gasteiger partial charge in [0.15, 0.2) is 11.6 Å². The van der Waals surface area contributed by atoms with Crippen LogP contribution in [0.2, 0.25) is 0 Å². The molecule has 33 heavy (non-hydrogen) atoms. The third-order valence-corrected chi connectivity index (χ3v) is 6.10. The minimum Gasteiger partial charge on any atom is -0.431 e. The molecular formula is C22H29N5O6. The van der Waals surface area contributed by atoms with E-state index in [2.05, 4.69) is 16.2 Å². The van der Waals surface area contributed by atoms with E-state index in [9.17, 15) is 10.1 Å². The Hall–Kier alpha value is -2.94. The summed E-state index contributed by atoms with van der Waals surface area (Å²) in [6.45, 7) is 7.21. The SMILES string of the molecule is CCC(CC)OC(=O)OC[C@@]1(CC#N)O[C@@H](c2ccc3c(N)ncnn23)[C@@H]2OC(C)(C)O[C@@H]21. The number of nitrogens with two attached hydrogens (primary N) is 1. The van der Waals surface area contributed by atoms with Gasteiger partial charge in [0.05, 0.1) is 18.2 Å². The highest BCUT2D eigenvalue weighted by Gasteiger charge is 2.64. The molecule has 0 saturated carbocycles. The predicted octanol–water partition coefficient (Wildman–Crippen LogP) is 2.90. The molecule has 0 amide bonds. The lowest BCUT2D eigenvalue weighted by atomic mass is 9.92. The van der Waals surface area contributed by atoms with Crippen molar-refractivity contribution < 1.29 is 28.5 Å². The van der Waals surface area contributed by atoms with Gasteiger partial charge in [-0.1, -0.05) is 13.8 Å². The Bertz CT molecular complexity index is 1060. The molecule has 0 aliphatic carbocycles. The summed E-state index contributed by atoms with van der Waals surface area (Å²) in [5.41, 5.74) is 6.00. The molecule has 0 aromatic carbocycles. The summed E-state index contributed by atoms with van der Waals surface area (Å²) < 4.78 is 31.2. The summed E-state index contributed by atoms with van der Waals surface area (Å²) >= 11 is 0. The van der Waals surface area contributed by atoms with Crippen molar-refractivity contribution in [2.45, 2.75) is 82.8 Å². The smallest absolute Gasteiger partial charge is 0.431 e. The highest BCUT2D eigenvalue weighted by molar-refractivity contribution is 5.65. The molecule has 4 heterocycles. The Morgan fingerprint density at radius 2 is 2.06 bits per heavy atom. The molecule has 2 aromatic heterocycles. The number of nitriles is 1. The molecule has 2 aliphatic heterocycles. The van der Waals surface area contributed by atoms with Crippen molar-refractivity contribution in [1.29, 1.82) is 5.26 Å². The number of carbonyl (C=O) groups excluding carboxylic acids is 1. The topological polar surface area (TPSA) is 143 Å². The number of ether oxygens (including phenoxy) is 5. The van der Waals surface area contributed by atoms with E-state index in [1.807, 2.05) is 19.9 Å². The van der Waals surface area contributed by atoms with Crippen LogP contribution in [0.15, 0.2) is 18.5 Å². The van der Waals surface area contributed by atoms with Gasteiger partial charge in [0.25, 0.3) is 0 Å². The standard InChI is InChI=1S/C22H29N5O6/c1-5-13(6-2)30-20(28)29-11-22(9-10-23)18-17(31-21(3,4)33-18)16(32-22)14-7-8-15-19(24)25-12-26-27(14)15/h7-8,12-13,16-18H,5-6,9,11H2,1-4H3,(H2,24,25,26)/t16-,17-,18-,22+/m0/s1. The Balaban J connectivity index is 1.65. The Kier molecular flexibility index (Phi) is 6.18. The number of fused-ring (bicyclic) bond motifs is 2. The molecule has 11 nitrogen and oxygen atoms in total. The van der Waals surface area contributed by atoms with Crippen molar-refractivity contribution >= 4 is 17.5 Å². The molecule has 0 spiro atoms. The molecule has 0 unspecified atom stereocenters. The van der Waals surface area contributed by atoms with Crippen LogP contribution in [-0.2, 0) is 23.7 Å². The van der Waals surface area contributed by atoms with Gasteiger partial charge in [0, 0.05) is 0 Å². The zero-order chi connectivity index (χ0) is 23.8. The maximum Gasteiger partial charge on any atom is 0.508 e. The van der Waals surface area contributed by atoms with Crippen LogP contribution >= 0.6 is 0 Å². The van der Waals surface area contributed by atoms with Crippen molar-refractivity contribution in [3.05, 3.63) is 24.2 Å². The molecule has 0 radical (unpaired) electrons.